The first kappa shape index (κ1) is 21.8. The number of amides is 4. The molecule has 0 aromatic heterocycles. The van der Waals surface area contributed by atoms with E-state index in [0.717, 1.165) is 22.0 Å². The van der Waals surface area contributed by atoms with E-state index in [1.54, 1.807) is 27.7 Å². The third kappa shape index (κ3) is 4.68. The Labute approximate surface area is 162 Å². The number of hydrogen-bond acceptors (Lipinski definition) is 7. The predicted octanol–water partition coefficient (Wildman–Crippen LogP) is 0.728. The molecule has 0 radical (unpaired) electrons. The molecule has 11 heteroatoms. The highest BCUT2D eigenvalue weighted by Crippen LogP contribution is 2.46. The van der Waals surface area contributed by atoms with E-state index in [4.69, 9.17) is 9.42 Å². The zero-order valence-electron chi connectivity index (χ0n) is 15.6. The summed E-state index contributed by atoms with van der Waals surface area (Å²) in [7, 11) is -3.17. The number of rotatable bonds is 8. The first-order chi connectivity index (χ1) is 12.4. The van der Waals surface area contributed by atoms with Gasteiger partial charge in [0.2, 0.25) is 11.8 Å². The first-order valence-corrected chi connectivity index (χ1v) is 10.5. The van der Waals surface area contributed by atoms with Gasteiger partial charge in [0.05, 0.1) is 10.9 Å². The van der Waals surface area contributed by atoms with Crippen LogP contribution in [0.1, 0.15) is 34.1 Å². The largest absolute Gasteiger partial charge is 0.326 e. The fraction of sp³-hybridized carbons (Fsp3) is 0.625. The van der Waals surface area contributed by atoms with Gasteiger partial charge in [0.15, 0.2) is 0 Å². The molecule has 4 amide bonds. The van der Waals surface area contributed by atoms with Crippen LogP contribution in [0.4, 0.5) is 0 Å². The Morgan fingerprint density at radius 2 is 1.63 bits per heavy atom. The topological polar surface area (TPSA) is 121 Å². The van der Waals surface area contributed by atoms with Crippen LogP contribution in [0.5, 0.6) is 0 Å². The number of nitrogens with zero attached hydrogens (tertiary/aromatic N) is 2. The van der Waals surface area contributed by atoms with E-state index >= 15 is 0 Å². The van der Waals surface area contributed by atoms with Crippen LogP contribution in [-0.4, -0.2) is 67.0 Å². The molecular formula is C16H23N2O7PS. The summed E-state index contributed by atoms with van der Waals surface area (Å²) in [5.74, 6) is -1.72. The molecule has 0 saturated carbocycles. The van der Waals surface area contributed by atoms with Crippen molar-refractivity contribution in [3.05, 3.63) is 12.2 Å². The van der Waals surface area contributed by atoms with E-state index in [-0.39, 0.29) is 25.4 Å². The van der Waals surface area contributed by atoms with Gasteiger partial charge in [0.25, 0.3) is 11.8 Å². The number of carbonyl (C=O) groups excluding carboxylic acids is 4. The highest BCUT2D eigenvalue weighted by atomic mass is 32.2. The maximum absolute atomic E-state index is 12.6. The highest BCUT2D eigenvalue weighted by Gasteiger charge is 2.47. The molecule has 1 saturated heterocycles. The minimum atomic E-state index is -3.17. The van der Waals surface area contributed by atoms with Crippen LogP contribution in [0.15, 0.2) is 12.2 Å². The average Bonchev–Trinajstić information content (AvgIpc) is 2.96. The van der Waals surface area contributed by atoms with E-state index in [0.29, 0.717) is 0 Å². The van der Waals surface area contributed by atoms with Gasteiger partial charge in [-0.1, -0.05) is 0 Å². The zero-order valence-corrected chi connectivity index (χ0v) is 17.4. The van der Waals surface area contributed by atoms with Gasteiger partial charge in [-0.15, -0.1) is 11.8 Å². The lowest BCUT2D eigenvalue weighted by atomic mass is 9.94. The smallest absolute Gasteiger partial charge is 0.317 e. The minimum absolute atomic E-state index is 0.0164. The maximum atomic E-state index is 12.6. The lowest BCUT2D eigenvalue weighted by Crippen LogP contribution is -2.46. The quantitative estimate of drug-likeness (QED) is 0.452. The van der Waals surface area contributed by atoms with Gasteiger partial charge in [0.1, 0.15) is 0 Å². The summed E-state index contributed by atoms with van der Waals surface area (Å²) in [5.41, 5.74) is -1.01. The lowest BCUT2D eigenvalue weighted by Gasteiger charge is -2.40. The van der Waals surface area contributed by atoms with Crippen LogP contribution in [0.3, 0.4) is 0 Å². The summed E-state index contributed by atoms with van der Waals surface area (Å²) < 4.78 is 15.5. The van der Waals surface area contributed by atoms with E-state index in [1.165, 1.54) is 11.8 Å². The van der Waals surface area contributed by atoms with Crippen LogP contribution >= 0.6 is 20.0 Å². The Morgan fingerprint density at radius 1 is 1.11 bits per heavy atom. The molecule has 2 unspecified atom stereocenters. The Morgan fingerprint density at radius 3 is 2.15 bits per heavy atom. The normalized spacial score (nSPS) is 22.3. The fourth-order valence-electron chi connectivity index (χ4n) is 2.67. The van der Waals surface area contributed by atoms with Crippen molar-refractivity contribution in [2.24, 2.45) is 0 Å². The molecule has 9 nitrogen and oxygen atoms in total. The third-order valence-corrected chi connectivity index (χ3v) is 7.30. The van der Waals surface area contributed by atoms with Crippen molar-refractivity contribution in [2.75, 3.05) is 13.1 Å². The van der Waals surface area contributed by atoms with Crippen molar-refractivity contribution in [1.29, 1.82) is 0 Å². The molecule has 1 fully saturated rings. The molecule has 1 N–H and O–H groups in total. The second kappa shape index (κ2) is 7.87. The molecule has 2 rings (SSSR count). The Bertz CT molecular complexity index is 716. The van der Waals surface area contributed by atoms with Crippen LogP contribution in [0.2, 0.25) is 0 Å². The summed E-state index contributed by atoms with van der Waals surface area (Å²) in [6.45, 7) is 6.74. The Hall–Kier alpha value is -1.48. The summed E-state index contributed by atoms with van der Waals surface area (Å²) in [5, 5.41) is -0.667. The van der Waals surface area contributed by atoms with Crippen LogP contribution in [0.25, 0.3) is 0 Å². The number of imide groups is 2. The number of thioether (sulfide) groups is 1. The summed E-state index contributed by atoms with van der Waals surface area (Å²) in [4.78, 5) is 59.1. The van der Waals surface area contributed by atoms with Gasteiger partial charge in [-0.2, -0.15) is 0 Å². The van der Waals surface area contributed by atoms with Crippen molar-refractivity contribution in [2.45, 2.75) is 49.7 Å². The molecule has 2 aliphatic rings. The van der Waals surface area contributed by atoms with Crippen LogP contribution < -0.4 is 0 Å². The molecule has 0 bridgehead atoms. The first-order valence-electron chi connectivity index (χ1n) is 8.33. The number of likely N-dealkylation sites (tertiary alicyclic amines) is 1. The van der Waals surface area contributed by atoms with Gasteiger partial charge in [-0.3, -0.25) is 33.5 Å². The van der Waals surface area contributed by atoms with Gasteiger partial charge in [-0.05, 0) is 27.7 Å². The summed E-state index contributed by atoms with van der Waals surface area (Å²) in [6, 6.07) is 0. The maximum Gasteiger partial charge on any atom is 0.317 e. The van der Waals surface area contributed by atoms with Crippen LogP contribution in [-0.2, 0) is 28.3 Å². The van der Waals surface area contributed by atoms with Gasteiger partial charge >= 0.3 is 8.25 Å². The molecule has 0 aromatic rings. The summed E-state index contributed by atoms with van der Waals surface area (Å²) >= 11 is 1.20. The molecule has 27 heavy (non-hydrogen) atoms. The van der Waals surface area contributed by atoms with Crippen molar-refractivity contribution < 1.29 is 33.2 Å². The SMILES string of the molecule is CC(C)(O[PH](=O)O)C(C)(C)SC1CC(=O)N(CCN2C(=O)C=CC2=O)C1=O. The molecule has 2 atom stereocenters. The average molecular weight is 418 g/mol. The van der Waals surface area contributed by atoms with Crippen molar-refractivity contribution >= 4 is 43.6 Å². The fourth-order valence-corrected chi connectivity index (χ4v) is 4.93. The van der Waals surface area contributed by atoms with Crippen molar-refractivity contribution in [3.8, 4) is 0 Å². The molecule has 150 valence electrons. The molecular weight excluding hydrogens is 395 g/mol. The van der Waals surface area contributed by atoms with E-state index in [2.05, 4.69) is 0 Å². The second-order valence-corrected chi connectivity index (χ2v) is 9.81. The Kier molecular flexibility index (Phi) is 6.36. The van der Waals surface area contributed by atoms with Gasteiger partial charge < -0.3 is 9.42 Å². The molecule has 0 aromatic carbocycles. The number of carbonyl (C=O) groups is 4. The standard InChI is InChI=1S/C16H23N2O7PS/c1-15(2,25-26(23)24)16(3,4)27-10-9-13(21)18(14(10)22)8-7-17-11(19)5-6-12(17)20/h5-6,10,26H,7-9H2,1-4H3,(H,23,24). The zero-order chi connectivity index (χ0) is 20.6. The highest BCUT2D eigenvalue weighted by molar-refractivity contribution is 8.02. The van der Waals surface area contributed by atoms with E-state index < -0.39 is 41.6 Å². The van der Waals surface area contributed by atoms with Crippen LogP contribution in [0, 0.1) is 0 Å². The minimum Gasteiger partial charge on any atom is -0.326 e. The lowest BCUT2D eigenvalue weighted by molar-refractivity contribution is -0.142. The molecule has 2 aliphatic heterocycles. The van der Waals surface area contributed by atoms with E-state index in [1.807, 2.05) is 0 Å². The predicted molar refractivity (Wildman–Crippen MR) is 99.0 cm³/mol. The molecule has 0 aliphatic carbocycles. The Balaban J connectivity index is 2.01. The molecule has 0 spiro atoms. The van der Waals surface area contributed by atoms with E-state index in [9.17, 15) is 23.7 Å². The van der Waals surface area contributed by atoms with Gasteiger partial charge in [-0.25, -0.2) is 0 Å². The second-order valence-electron chi connectivity index (χ2n) is 7.24. The summed E-state index contributed by atoms with van der Waals surface area (Å²) in [6.07, 6.45) is 2.27. The number of hydrogen-bond donors (Lipinski definition) is 1. The molecule has 2 heterocycles. The monoisotopic (exact) mass is 418 g/mol. The van der Waals surface area contributed by atoms with Crippen molar-refractivity contribution in [3.63, 3.8) is 0 Å². The van der Waals surface area contributed by atoms with Crippen molar-refractivity contribution in [1.82, 2.24) is 9.80 Å². The third-order valence-electron chi connectivity index (χ3n) is 4.88. The van der Waals surface area contributed by atoms with Gasteiger partial charge in [0, 0.05) is 36.4 Å².